The van der Waals surface area contributed by atoms with Crippen molar-refractivity contribution in [2.45, 2.75) is 0 Å². The molecule has 1 aliphatic heterocycles. The van der Waals surface area contributed by atoms with Gasteiger partial charge >= 0.3 is 5.97 Å². The third kappa shape index (κ3) is 2.89. The molecule has 0 saturated carbocycles. The first-order valence-corrected chi connectivity index (χ1v) is 6.64. The van der Waals surface area contributed by atoms with Gasteiger partial charge in [-0.05, 0) is 29.3 Å². The molecule has 1 aliphatic rings. The molecule has 0 bridgehead atoms. The molecule has 0 unspecified atom stereocenters. The Morgan fingerprint density at radius 2 is 1.71 bits per heavy atom. The molecule has 0 atom stereocenters. The summed E-state index contributed by atoms with van der Waals surface area (Å²) < 4.78 is 11.0. The van der Waals surface area contributed by atoms with Crippen molar-refractivity contribution in [1.29, 1.82) is 0 Å². The number of fused-ring (bicyclic) bond motifs is 1. The van der Waals surface area contributed by atoms with Crippen molar-refractivity contribution < 1.29 is 19.4 Å². The van der Waals surface area contributed by atoms with E-state index >= 15 is 0 Å². The molecule has 0 spiro atoms. The molecule has 0 saturated heterocycles. The molecule has 4 heteroatoms. The van der Waals surface area contributed by atoms with Crippen LogP contribution in [0.4, 0.5) is 0 Å². The average Bonchev–Trinajstić information content (AvgIpc) is 2.53. The Labute approximate surface area is 122 Å². The SMILES string of the molecule is O=C(O)/C(=C/c1ccc2c(c1)OCCO2)c1ccccc1. The van der Waals surface area contributed by atoms with Gasteiger partial charge in [-0.1, -0.05) is 36.4 Å². The number of carboxylic acid groups (broad SMARTS) is 1. The first-order valence-electron chi connectivity index (χ1n) is 6.64. The van der Waals surface area contributed by atoms with Crippen LogP contribution in [0.15, 0.2) is 48.5 Å². The third-order valence-electron chi connectivity index (χ3n) is 3.19. The second kappa shape index (κ2) is 5.71. The quantitative estimate of drug-likeness (QED) is 0.694. The fourth-order valence-corrected chi connectivity index (χ4v) is 2.20. The van der Waals surface area contributed by atoms with Crippen LogP contribution in [0.25, 0.3) is 11.6 Å². The fourth-order valence-electron chi connectivity index (χ4n) is 2.20. The van der Waals surface area contributed by atoms with Crippen molar-refractivity contribution in [1.82, 2.24) is 0 Å². The molecular weight excluding hydrogens is 268 g/mol. The fraction of sp³-hybridized carbons (Fsp3) is 0.118. The molecule has 0 aromatic heterocycles. The van der Waals surface area contributed by atoms with Gasteiger partial charge in [0.1, 0.15) is 13.2 Å². The highest BCUT2D eigenvalue weighted by Gasteiger charge is 2.13. The maximum absolute atomic E-state index is 11.5. The molecule has 21 heavy (non-hydrogen) atoms. The molecule has 1 N–H and O–H groups in total. The smallest absolute Gasteiger partial charge is 0.336 e. The van der Waals surface area contributed by atoms with Crippen molar-refractivity contribution in [2.75, 3.05) is 13.2 Å². The van der Waals surface area contributed by atoms with Crippen LogP contribution in [-0.4, -0.2) is 24.3 Å². The molecule has 3 rings (SSSR count). The maximum atomic E-state index is 11.5. The van der Waals surface area contributed by atoms with Gasteiger partial charge in [0.2, 0.25) is 0 Å². The molecule has 0 radical (unpaired) electrons. The van der Waals surface area contributed by atoms with Crippen LogP contribution in [0.5, 0.6) is 11.5 Å². The summed E-state index contributed by atoms with van der Waals surface area (Å²) in [5.41, 5.74) is 1.67. The molecule has 0 fully saturated rings. The van der Waals surface area contributed by atoms with E-state index in [1.54, 1.807) is 30.3 Å². The normalized spacial score (nSPS) is 13.8. The number of rotatable bonds is 3. The zero-order valence-electron chi connectivity index (χ0n) is 11.3. The van der Waals surface area contributed by atoms with Crippen molar-refractivity contribution in [3.63, 3.8) is 0 Å². The highest BCUT2D eigenvalue weighted by molar-refractivity contribution is 6.20. The lowest BCUT2D eigenvalue weighted by Gasteiger charge is -2.18. The van der Waals surface area contributed by atoms with Gasteiger partial charge in [-0.25, -0.2) is 4.79 Å². The Morgan fingerprint density at radius 3 is 2.43 bits per heavy atom. The van der Waals surface area contributed by atoms with Gasteiger partial charge in [-0.3, -0.25) is 0 Å². The number of hydrogen-bond acceptors (Lipinski definition) is 3. The second-order valence-corrected chi connectivity index (χ2v) is 4.63. The van der Waals surface area contributed by atoms with E-state index in [2.05, 4.69) is 0 Å². The molecule has 2 aromatic rings. The maximum Gasteiger partial charge on any atom is 0.336 e. The first kappa shape index (κ1) is 13.2. The Kier molecular flexibility index (Phi) is 3.60. The summed E-state index contributed by atoms with van der Waals surface area (Å²) in [6.45, 7) is 1.04. The van der Waals surface area contributed by atoms with E-state index in [1.807, 2.05) is 24.3 Å². The van der Waals surface area contributed by atoms with Gasteiger partial charge in [-0.15, -0.1) is 0 Å². The van der Waals surface area contributed by atoms with E-state index in [9.17, 15) is 9.90 Å². The molecular formula is C17H14O4. The van der Waals surface area contributed by atoms with Gasteiger partial charge in [0.05, 0.1) is 5.57 Å². The van der Waals surface area contributed by atoms with Gasteiger partial charge in [-0.2, -0.15) is 0 Å². The minimum atomic E-state index is -0.962. The number of carboxylic acids is 1. The minimum absolute atomic E-state index is 0.243. The minimum Gasteiger partial charge on any atom is -0.486 e. The van der Waals surface area contributed by atoms with Gasteiger partial charge in [0.15, 0.2) is 11.5 Å². The molecule has 4 nitrogen and oxygen atoms in total. The third-order valence-corrected chi connectivity index (χ3v) is 3.19. The molecule has 106 valence electrons. The number of ether oxygens (including phenoxy) is 2. The lowest BCUT2D eigenvalue weighted by Crippen LogP contribution is -2.15. The van der Waals surface area contributed by atoms with Crippen LogP contribution in [-0.2, 0) is 4.79 Å². The number of hydrogen-bond donors (Lipinski definition) is 1. The monoisotopic (exact) mass is 282 g/mol. The summed E-state index contributed by atoms with van der Waals surface area (Å²) >= 11 is 0. The van der Waals surface area contributed by atoms with Crippen LogP contribution in [0.3, 0.4) is 0 Å². The number of carbonyl (C=O) groups is 1. The summed E-state index contributed by atoms with van der Waals surface area (Å²) in [7, 11) is 0. The van der Waals surface area contributed by atoms with Crippen molar-refractivity contribution in [3.8, 4) is 11.5 Å². The number of aliphatic carboxylic acids is 1. The largest absolute Gasteiger partial charge is 0.486 e. The van der Waals surface area contributed by atoms with Gasteiger partial charge in [0, 0.05) is 0 Å². The van der Waals surface area contributed by atoms with E-state index in [-0.39, 0.29) is 5.57 Å². The number of benzene rings is 2. The van der Waals surface area contributed by atoms with Crippen LogP contribution >= 0.6 is 0 Å². The zero-order chi connectivity index (χ0) is 14.7. The summed E-state index contributed by atoms with van der Waals surface area (Å²) in [5.74, 6) is 0.374. The van der Waals surface area contributed by atoms with E-state index in [0.29, 0.717) is 30.3 Å². The van der Waals surface area contributed by atoms with Crippen LogP contribution < -0.4 is 9.47 Å². The van der Waals surface area contributed by atoms with Crippen LogP contribution in [0, 0.1) is 0 Å². The van der Waals surface area contributed by atoms with Crippen LogP contribution in [0.1, 0.15) is 11.1 Å². The summed E-state index contributed by atoms with van der Waals surface area (Å²) in [4.78, 5) is 11.5. The molecule has 0 amide bonds. The topological polar surface area (TPSA) is 55.8 Å². The molecule has 2 aromatic carbocycles. The Bertz CT molecular complexity index is 689. The first-order chi connectivity index (χ1) is 10.2. The lowest BCUT2D eigenvalue weighted by molar-refractivity contribution is -0.130. The van der Waals surface area contributed by atoms with Crippen LogP contribution in [0.2, 0.25) is 0 Å². The highest BCUT2D eigenvalue weighted by atomic mass is 16.6. The van der Waals surface area contributed by atoms with Crippen molar-refractivity contribution >= 4 is 17.6 Å². The Balaban J connectivity index is 2.00. The van der Waals surface area contributed by atoms with E-state index in [4.69, 9.17) is 9.47 Å². The van der Waals surface area contributed by atoms with E-state index in [1.165, 1.54) is 0 Å². The van der Waals surface area contributed by atoms with Crippen molar-refractivity contribution in [3.05, 3.63) is 59.7 Å². The molecule has 0 aliphatic carbocycles. The molecule has 1 heterocycles. The Morgan fingerprint density at radius 1 is 1.00 bits per heavy atom. The highest BCUT2D eigenvalue weighted by Crippen LogP contribution is 2.32. The predicted molar refractivity (Wildman–Crippen MR) is 79.4 cm³/mol. The van der Waals surface area contributed by atoms with Crippen molar-refractivity contribution in [2.24, 2.45) is 0 Å². The van der Waals surface area contributed by atoms with E-state index < -0.39 is 5.97 Å². The summed E-state index contributed by atoms with van der Waals surface area (Å²) in [6.07, 6.45) is 1.63. The standard InChI is InChI=1S/C17H14O4/c18-17(19)14(13-4-2-1-3-5-13)10-12-6-7-15-16(11-12)21-9-8-20-15/h1-7,10-11H,8-9H2,(H,18,19)/b14-10+. The Hall–Kier alpha value is -2.75. The summed E-state index contributed by atoms with van der Waals surface area (Å²) in [6, 6.07) is 14.4. The average molecular weight is 282 g/mol. The van der Waals surface area contributed by atoms with E-state index in [0.717, 1.165) is 5.56 Å². The summed E-state index contributed by atoms with van der Waals surface area (Å²) in [5, 5.41) is 9.40. The predicted octanol–water partition coefficient (Wildman–Crippen LogP) is 3.08. The zero-order valence-corrected chi connectivity index (χ0v) is 11.3. The second-order valence-electron chi connectivity index (χ2n) is 4.63. The van der Waals surface area contributed by atoms with Gasteiger partial charge in [0.25, 0.3) is 0 Å². The van der Waals surface area contributed by atoms with Gasteiger partial charge < -0.3 is 14.6 Å². The lowest BCUT2D eigenvalue weighted by atomic mass is 10.0.